The van der Waals surface area contributed by atoms with Gasteiger partial charge in [-0.15, -0.1) is 0 Å². The predicted molar refractivity (Wildman–Crippen MR) is 90.6 cm³/mol. The number of halogens is 1. The Labute approximate surface area is 150 Å². The molecule has 7 nitrogen and oxygen atoms in total. The number of hydrogen-bond acceptors (Lipinski definition) is 6. The molecule has 1 fully saturated rings. The van der Waals surface area contributed by atoms with Crippen molar-refractivity contribution in [2.24, 2.45) is 0 Å². The Morgan fingerprint density at radius 1 is 1.24 bits per heavy atom. The fourth-order valence-corrected chi connectivity index (χ4v) is 4.26. The first kappa shape index (κ1) is 17.6. The van der Waals surface area contributed by atoms with Crippen molar-refractivity contribution in [1.29, 1.82) is 5.26 Å². The third-order valence-electron chi connectivity index (χ3n) is 3.84. The van der Waals surface area contributed by atoms with Crippen LogP contribution in [0.3, 0.4) is 0 Å². The lowest BCUT2D eigenvalue weighted by atomic mass is 10.1. The van der Waals surface area contributed by atoms with Gasteiger partial charge >= 0.3 is 0 Å². The summed E-state index contributed by atoms with van der Waals surface area (Å²) in [4.78, 5) is 8.09. The first-order chi connectivity index (χ1) is 12.0. The smallest absolute Gasteiger partial charge is 0.251 e. The molecular formula is C16H15ClN4O3S. The molecule has 0 aliphatic carbocycles. The molecule has 0 amide bonds. The highest BCUT2D eigenvalue weighted by atomic mass is 35.5. The van der Waals surface area contributed by atoms with Gasteiger partial charge in [-0.05, 0) is 37.1 Å². The Bertz CT molecular complexity index is 896. The number of sulfonamides is 1. The number of benzene rings is 1. The molecule has 25 heavy (non-hydrogen) atoms. The maximum Gasteiger partial charge on any atom is 0.251 e. The summed E-state index contributed by atoms with van der Waals surface area (Å²) in [6, 6.07) is 7.98. The van der Waals surface area contributed by atoms with Crippen molar-refractivity contribution in [3.8, 4) is 11.9 Å². The van der Waals surface area contributed by atoms with Crippen molar-refractivity contribution in [3.05, 3.63) is 47.4 Å². The van der Waals surface area contributed by atoms with Gasteiger partial charge in [0.15, 0.2) is 0 Å². The number of piperidine rings is 1. The van der Waals surface area contributed by atoms with Gasteiger partial charge in [0.1, 0.15) is 12.2 Å². The molecule has 3 rings (SSSR count). The molecular weight excluding hydrogens is 364 g/mol. The lowest BCUT2D eigenvalue weighted by molar-refractivity contribution is 0.124. The van der Waals surface area contributed by atoms with Crippen LogP contribution >= 0.6 is 11.6 Å². The number of nitriles is 1. The van der Waals surface area contributed by atoms with E-state index in [1.54, 1.807) is 12.1 Å². The molecule has 130 valence electrons. The molecule has 2 heterocycles. The monoisotopic (exact) mass is 378 g/mol. The molecule has 1 atom stereocenters. The Balaban J connectivity index is 1.77. The van der Waals surface area contributed by atoms with Gasteiger partial charge < -0.3 is 4.74 Å². The van der Waals surface area contributed by atoms with Gasteiger partial charge in [-0.3, -0.25) is 0 Å². The average Bonchev–Trinajstić information content (AvgIpc) is 2.63. The first-order valence-electron chi connectivity index (χ1n) is 7.64. The van der Waals surface area contributed by atoms with E-state index in [4.69, 9.17) is 21.6 Å². The molecule has 1 aromatic carbocycles. The van der Waals surface area contributed by atoms with Gasteiger partial charge in [-0.25, -0.2) is 18.4 Å². The van der Waals surface area contributed by atoms with Crippen LogP contribution in [0.25, 0.3) is 0 Å². The normalized spacial score (nSPS) is 18.5. The summed E-state index contributed by atoms with van der Waals surface area (Å²) in [5, 5.41) is 9.53. The van der Waals surface area contributed by atoms with E-state index in [1.807, 2.05) is 6.07 Å². The molecule has 1 saturated heterocycles. The van der Waals surface area contributed by atoms with E-state index in [0.29, 0.717) is 24.4 Å². The minimum absolute atomic E-state index is 0.0835. The third-order valence-corrected chi connectivity index (χ3v) is 5.97. The van der Waals surface area contributed by atoms with Crippen LogP contribution in [0.5, 0.6) is 5.88 Å². The minimum Gasteiger partial charge on any atom is -0.471 e. The topological polar surface area (TPSA) is 96.2 Å². The number of nitrogens with zero attached hydrogens (tertiary/aromatic N) is 4. The van der Waals surface area contributed by atoms with E-state index >= 15 is 0 Å². The second-order valence-corrected chi connectivity index (χ2v) is 7.90. The van der Waals surface area contributed by atoms with Crippen LogP contribution in [0, 0.1) is 11.3 Å². The lowest BCUT2D eigenvalue weighted by Crippen LogP contribution is -2.44. The predicted octanol–water partition coefficient (Wildman–Crippen LogP) is 2.23. The zero-order valence-corrected chi connectivity index (χ0v) is 14.7. The summed E-state index contributed by atoms with van der Waals surface area (Å²) in [6.45, 7) is 0.600. The number of hydrogen-bond donors (Lipinski definition) is 0. The maximum absolute atomic E-state index is 12.8. The van der Waals surface area contributed by atoms with Crippen molar-refractivity contribution >= 4 is 21.6 Å². The maximum atomic E-state index is 12.8. The number of aromatic nitrogens is 2. The van der Waals surface area contributed by atoms with Crippen LogP contribution in [0.15, 0.2) is 41.6 Å². The Hall–Kier alpha value is -2.21. The molecule has 0 N–H and O–H groups in total. The molecule has 2 aromatic rings. The molecule has 0 spiro atoms. The van der Waals surface area contributed by atoms with Crippen molar-refractivity contribution in [2.75, 3.05) is 13.1 Å². The molecule has 1 aromatic heterocycles. The zero-order valence-electron chi connectivity index (χ0n) is 13.2. The van der Waals surface area contributed by atoms with Crippen LogP contribution in [-0.4, -0.2) is 41.9 Å². The van der Waals surface area contributed by atoms with Crippen molar-refractivity contribution in [1.82, 2.24) is 14.3 Å². The van der Waals surface area contributed by atoms with Gasteiger partial charge in [0, 0.05) is 24.0 Å². The average molecular weight is 379 g/mol. The van der Waals surface area contributed by atoms with Gasteiger partial charge in [-0.1, -0.05) is 11.6 Å². The zero-order chi connectivity index (χ0) is 17.9. The SMILES string of the molecule is N#Cc1nccnc1O[C@@H]1CCCN(S(=O)(=O)c2ccc(Cl)cc2)C1. The standard InChI is InChI=1S/C16H15ClN4O3S/c17-12-3-5-14(6-4-12)25(22,23)21-9-1-2-13(11-21)24-16-15(10-18)19-7-8-20-16/h3-8,13H,1-2,9,11H2/t13-/m1/s1. The fraction of sp³-hybridized carbons (Fsp3) is 0.312. The van der Waals surface area contributed by atoms with E-state index in [9.17, 15) is 8.42 Å². The van der Waals surface area contributed by atoms with E-state index in [0.717, 1.165) is 0 Å². The molecule has 1 aliphatic heterocycles. The minimum atomic E-state index is -3.63. The summed E-state index contributed by atoms with van der Waals surface area (Å²) >= 11 is 5.82. The Kier molecular flexibility index (Phi) is 5.18. The van der Waals surface area contributed by atoms with Crippen LogP contribution in [-0.2, 0) is 10.0 Å². The van der Waals surface area contributed by atoms with Gasteiger partial charge in [-0.2, -0.15) is 9.57 Å². The summed E-state index contributed by atoms with van der Waals surface area (Å²) in [6.07, 6.45) is 3.78. The summed E-state index contributed by atoms with van der Waals surface area (Å²) < 4.78 is 32.6. The summed E-state index contributed by atoms with van der Waals surface area (Å²) in [5.41, 5.74) is 0.0835. The van der Waals surface area contributed by atoms with Gasteiger partial charge in [0.2, 0.25) is 15.7 Å². The largest absolute Gasteiger partial charge is 0.471 e. The van der Waals surface area contributed by atoms with E-state index < -0.39 is 10.0 Å². The Morgan fingerprint density at radius 2 is 1.96 bits per heavy atom. The second-order valence-electron chi connectivity index (χ2n) is 5.52. The van der Waals surface area contributed by atoms with Crippen LogP contribution in [0.1, 0.15) is 18.5 Å². The first-order valence-corrected chi connectivity index (χ1v) is 9.46. The van der Waals surface area contributed by atoms with Crippen molar-refractivity contribution < 1.29 is 13.2 Å². The van der Waals surface area contributed by atoms with Crippen LogP contribution < -0.4 is 4.74 Å². The molecule has 0 unspecified atom stereocenters. The molecule has 1 aliphatic rings. The van der Waals surface area contributed by atoms with E-state index in [-0.39, 0.29) is 29.1 Å². The fourth-order valence-electron chi connectivity index (χ4n) is 2.62. The lowest BCUT2D eigenvalue weighted by Gasteiger charge is -2.31. The summed E-state index contributed by atoms with van der Waals surface area (Å²) in [5.74, 6) is 0.126. The highest BCUT2D eigenvalue weighted by Gasteiger charge is 2.31. The number of rotatable bonds is 4. The van der Waals surface area contributed by atoms with Gasteiger partial charge in [0.25, 0.3) is 5.88 Å². The van der Waals surface area contributed by atoms with E-state index in [1.165, 1.54) is 28.8 Å². The highest BCUT2D eigenvalue weighted by Crippen LogP contribution is 2.24. The van der Waals surface area contributed by atoms with Crippen LogP contribution in [0.4, 0.5) is 0 Å². The quantitative estimate of drug-likeness (QED) is 0.809. The molecule has 0 radical (unpaired) electrons. The van der Waals surface area contributed by atoms with Gasteiger partial charge in [0.05, 0.1) is 11.4 Å². The molecule has 9 heteroatoms. The van der Waals surface area contributed by atoms with Crippen molar-refractivity contribution in [3.63, 3.8) is 0 Å². The Morgan fingerprint density at radius 3 is 2.68 bits per heavy atom. The second kappa shape index (κ2) is 7.35. The number of ether oxygens (including phenoxy) is 1. The summed E-state index contributed by atoms with van der Waals surface area (Å²) in [7, 11) is -3.63. The van der Waals surface area contributed by atoms with Crippen molar-refractivity contribution in [2.45, 2.75) is 23.8 Å². The highest BCUT2D eigenvalue weighted by molar-refractivity contribution is 7.89. The third kappa shape index (κ3) is 3.90. The van der Waals surface area contributed by atoms with E-state index in [2.05, 4.69) is 9.97 Å². The molecule has 0 bridgehead atoms. The van der Waals surface area contributed by atoms with Crippen LogP contribution in [0.2, 0.25) is 5.02 Å². The molecule has 0 saturated carbocycles.